The summed E-state index contributed by atoms with van der Waals surface area (Å²) in [5, 5.41) is 28.3. The Hall–Kier alpha value is -1.52. The van der Waals surface area contributed by atoms with Gasteiger partial charge in [0, 0.05) is 6.20 Å². The zero-order valence-electron chi connectivity index (χ0n) is 9.30. The number of nitrogens with zero attached hydrogens (tertiary/aromatic N) is 2. The molecule has 1 saturated heterocycles. The lowest BCUT2D eigenvalue weighted by atomic mass is 10.1. The molecule has 1 aromatic heterocycles. The van der Waals surface area contributed by atoms with Crippen molar-refractivity contribution >= 4 is 5.82 Å². The lowest BCUT2D eigenvalue weighted by molar-refractivity contribution is -0.0549. The first-order valence-corrected chi connectivity index (χ1v) is 5.26. The van der Waals surface area contributed by atoms with Gasteiger partial charge in [-0.1, -0.05) is 0 Å². The summed E-state index contributed by atoms with van der Waals surface area (Å²) in [6, 6.07) is 1.41. The number of nitrogen functional groups attached to an aromatic ring is 1. The number of aliphatic hydroxyl groups is 3. The van der Waals surface area contributed by atoms with E-state index in [-0.39, 0.29) is 5.82 Å². The molecule has 4 atom stereocenters. The smallest absolute Gasteiger partial charge is 0.351 e. The van der Waals surface area contributed by atoms with Crippen LogP contribution < -0.4 is 17.0 Å². The van der Waals surface area contributed by atoms with E-state index in [1.165, 1.54) is 12.3 Å². The molecule has 0 bridgehead atoms. The largest absolute Gasteiger partial charge is 0.394 e. The number of hydrogen-bond acceptors (Lipinski definition) is 8. The van der Waals surface area contributed by atoms with Crippen molar-refractivity contribution in [2.75, 3.05) is 12.0 Å². The molecule has 6 N–H and O–H groups in total. The van der Waals surface area contributed by atoms with Crippen molar-refractivity contribution < 1.29 is 20.1 Å². The fraction of sp³-hybridized carbons (Fsp3) is 0.556. The van der Waals surface area contributed by atoms with Crippen LogP contribution in [0.1, 0.15) is 6.23 Å². The van der Waals surface area contributed by atoms with E-state index in [1.807, 2.05) is 0 Å². The first-order chi connectivity index (χ1) is 8.58. The van der Waals surface area contributed by atoms with Crippen LogP contribution in [-0.4, -0.2) is 49.8 Å². The van der Waals surface area contributed by atoms with Gasteiger partial charge in [0.2, 0.25) is 0 Å². The third-order valence-corrected chi connectivity index (χ3v) is 2.77. The summed E-state index contributed by atoms with van der Waals surface area (Å²) in [6.07, 6.45) is -3.30. The van der Waals surface area contributed by atoms with E-state index in [0.717, 1.165) is 4.57 Å². The van der Waals surface area contributed by atoms with E-state index < -0.39 is 36.8 Å². The molecule has 0 amide bonds. The summed E-state index contributed by atoms with van der Waals surface area (Å²) in [6.45, 7) is -0.459. The number of ether oxygens (including phenoxy) is 1. The number of hydrazine groups is 1. The number of aromatic nitrogens is 2. The highest BCUT2D eigenvalue weighted by Gasteiger charge is 2.43. The summed E-state index contributed by atoms with van der Waals surface area (Å²) in [4.78, 5) is 15.2. The summed E-state index contributed by atoms with van der Waals surface area (Å²) in [5.74, 6) is 5.27. The molecule has 2 heterocycles. The average molecular weight is 258 g/mol. The topological polar surface area (TPSA) is 143 Å². The Kier molecular flexibility index (Phi) is 3.59. The van der Waals surface area contributed by atoms with Crippen LogP contribution in [0.5, 0.6) is 0 Å². The van der Waals surface area contributed by atoms with Crippen molar-refractivity contribution in [3.8, 4) is 0 Å². The minimum atomic E-state index is -1.32. The molecule has 1 aliphatic heterocycles. The Bertz CT molecular complexity index is 478. The van der Waals surface area contributed by atoms with Crippen molar-refractivity contribution in [1.29, 1.82) is 0 Å². The van der Waals surface area contributed by atoms with Gasteiger partial charge < -0.3 is 25.5 Å². The van der Waals surface area contributed by atoms with Gasteiger partial charge in [0.1, 0.15) is 24.1 Å². The lowest BCUT2D eigenvalue weighted by Gasteiger charge is -2.17. The Morgan fingerprint density at radius 2 is 2.22 bits per heavy atom. The molecular weight excluding hydrogens is 244 g/mol. The van der Waals surface area contributed by atoms with Gasteiger partial charge in [0.05, 0.1) is 6.61 Å². The van der Waals surface area contributed by atoms with Crippen LogP contribution in [-0.2, 0) is 4.74 Å². The van der Waals surface area contributed by atoms with Gasteiger partial charge in [-0.15, -0.1) is 0 Å². The van der Waals surface area contributed by atoms with Gasteiger partial charge in [-0.05, 0) is 6.07 Å². The van der Waals surface area contributed by atoms with E-state index in [4.69, 9.17) is 15.7 Å². The van der Waals surface area contributed by atoms with Crippen LogP contribution in [0.3, 0.4) is 0 Å². The number of anilines is 1. The van der Waals surface area contributed by atoms with Gasteiger partial charge >= 0.3 is 5.69 Å². The molecule has 1 aliphatic rings. The predicted molar refractivity (Wildman–Crippen MR) is 59.3 cm³/mol. The van der Waals surface area contributed by atoms with E-state index in [9.17, 15) is 15.0 Å². The van der Waals surface area contributed by atoms with Crippen LogP contribution in [0.25, 0.3) is 0 Å². The SMILES string of the molecule is NNc1ccn([C@H]2O[C@@H](CO)[C@H](O)[C@@H]2O)c(=O)n1. The second-order valence-corrected chi connectivity index (χ2v) is 3.88. The van der Waals surface area contributed by atoms with Gasteiger partial charge in [0.25, 0.3) is 0 Å². The molecule has 0 saturated carbocycles. The van der Waals surface area contributed by atoms with Crippen molar-refractivity contribution in [1.82, 2.24) is 9.55 Å². The minimum Gasteiger partial charge on any atom is -0.394 e. The molecule has 0 unspecified atom stereocenters. The second-order valence-electron chi connectivity index (χ2n) is 3.88. The highest BCUT2D eigenvalue weighted by atomic mass is 16.6. The zero-order valence-corrected chi connectivity index (χ0v) is 9.30. The van der Waals surface area contributed by atoms with Gasteiger partial charge in [-0.2, -0.15) is 4.98 Å². The molecule has 100 valence electrons. The normalized spacial score (nSPS) is 31.6. The average Bonchev–Trinajstić information content (AvgIpc) is 2.66. The first kappa shape index (κ1) is 12.9. The Morgan fingerprint density at radius 1 is 1.50 bits per heavy atom. The number of aliphatic hydroxyl groups excluding tert-OH is 3. The number of nitrogens with one attached hydrogen (secondary N) is 1. The van der Waals surface area contributed by atoms with Crippen molar-refractivity contribution in [2.45, 2.75) is 24.5 Å². The molecule has 0 aromatic carbocycles. The summed E-state index contributed by atoms with van der Waals surface area (Å²) >= 11 is 0. The number of hydrogen-bond donors (Lipinski definition) is 5. The molecule has 9 heteroatoms. The van der Waals surface area contributed by atoms with Crippen LogP contribution in [0, 0.1) is 0 Å². The third-order valence-electron chi connectivity index (χ3n) is 2.77. The maximum Gasteiger partial charge on any atom is 0.351 e. The van der Waals surface area contributed by atoms with Crippen LogP contribution in [0.15, 0.2) is 17.1 Å². The van der Waals surface area contributed by atoms with Gasteiger partial charge in [0.15, 0.2) is 6.23 Å². The molecule has 0 radical (unpaired) electrons. The summed E-state index contributed by atoms with van der Waals surface area (Å²) in [7, 11) is 0. The zero-order chi connectivity index (χ0) is 13.3. The summed E-state index contributed by atoms with van der Waals surface area (Å²) < 4.78 is 6.22. The number of nitrogens with two attached hydrogens (primary N) is 1. The molecule has 1 aromatic rings. The van der Waals surface area contributed by atoms with E-state index in [1.54, 1.807) is 0 Å². The van der Waals surface area contributed by atoms with Crippen molar-refractivity contribution in [2.24, 2.45) is 5.84 Å². The highest BCUT2D eigenvalue weighted by molar-refractivity contribution is 5.29. The Morgan fingerprint density at radius 3 is 2.72 bits per heavy atom. The maximum absolute atomic E-state index is 11.7. The van der Waals surface area contributed by atoms with E-state index >= 15 is 0 Å². The molecule has 9 nitrogen and oxygen atoms in total. The quantitative estimate of drug-likeness (QED) is 0.288. The lowest BCUT2D eigenvalue weighted by Crippen LogP contribution is -2.36. The fourth-order valence-electron chi connectivity index (χ4n) is 1.80. The maximum atomic E-state index is 11.7. The molecular formula is C9H14N4O5. The molecule has 0 spiro atoms. The van der Waals surface area contributed by atoms with Crippen LogP contribution in [0.4, 0.5) is 5.82 Å². The van der Waals surface area contributed by atoms with E-state index in [2.05, 4.69) is 10.4 Å². The Labute approximate surface area is 101 Å². The molecule has 2 rings (SSSR count). The minimum absolute atomic E-state index is 0.169. The first-order valence-electron chi connectivity index (χ1n) is 5.26. The van der Waals surface area contributed by atoms with Gasteiger partial charge in [-0.25, -0.2) is 10.6 Å². The van der Waals surface area contributed by atoms with Gasteiger partial charge in [-0.3, -0.25) is 4.57 Å². The molecule has 1 fully saturated rings. The Balaban J connectivity index is 2.30. The van der Waals surface area contributed by atoms with Crippen molar-refractivity contribution in [3.63, 3.8) is 0 Å². The van der Waals surface area contributed by atoms with Crippen LogP contribution >= 0.6 is 0 Å². The highest BCUT2D eigenvalue weighted by Crippen LogP contribution is 2.27. The molecule has 0 aliphatic carbocycles. The monoisotopic (exact) mass is 258 g/mol. The molecule has 18 heavy (non-hydrogen) atoms. The second kappa shape index (κ2) is 5.00. The predicted octanol–water partition coefficient (Wildman–Crippen LogP) is -2.86. The summed E-state index contributed by atoms with van der Waals surface area (Å²) in [5.41, 5.74) is 1.51. The fourth-order valence-corrected chi connectivity index (χ4v) is 1.80. The van der Waals surface area contributed by atoms with Crippen molar-refractivity contribution in [3.05, 3.63) is 22.7 Å². The van der Waals surface area contributed by atoms with E-state index in [0.29, 0.717) is 0 Å². The third kappa shape index (κ3) is 2.09. The standard InChI is InChI=1S/C9H14N4O5/c10-12-5-1-2-13(9(17)11-5)8-7(16)6(15)4(3-14)18-8/h1-2,4,6-8,14-16H,3,10H2,(H,11,12,17)/t4-,6-,7-,8-/m0/s1. The number of rotatable bonds is 3. The van der Waals surface area contributed by atoms with Crippen LogP contribution in [0.2, 0.25) is 0 Å².